The second-order valence-electron chi connectivity index (χ2n) is 9.41. The number of likely N-dealkylation sites (tertiary alicyclic amines) is 2. The van der Waals surface area contributed by atoms with Crippen LogP contribution >= 0.6 is 0 Å². The number of carbonyl (C=O) groups is 3. The van der Waals surface area contributed by atoms with Gasteiger partial charge in [-0.15, -0.1) is 0 Å². The fraction of sp³-hybridized carbons (Fsp3) is 0.818. The van der Waals surface area contributed by atoms with E-state index in [0.29, 0.717) is 32.4 Å². The standard InChI is InChI=1S/C22H33N3O6/c1-5-29-18(26)8-10-30-17-12-14-11-16(17)25(21(28)31-22(2,3)4)19(14)20(27)24-9-6-7-15(24)13-23/h14-17,19H,5-12H2,1-4H3/t14-,15-,16+,17+,19+/m0/s1. The molecule has 2 saturated heterocycles. The average molecular weight is 436 g/mol. The molecule has 1 saturated carbocycles. The molecule has 0 N–H and O–H groups in total. The van der Waals surface area contributed by atoms with E-state index in [0.717, 1.165) is 6.42 Å². The van der Waals surface area contributed by atoms with Gasteiger partial charge in [0, 0.05) is 6.54 Å². The summed E-state index contributed by atoms with van der Waals surface area (Å²) in [5, 5.41) is 9.40. The van der Waals surface area contributed by atoms with Crippen molar-refractivity contribution in [3.8, 4) is 6.07 Å². The van der Waals surface area contributed by atoms with Crippen molar-refractivity contribution in [2.45, 2.75) is 89.6 Å². The van der Waals surface area contributed by atoms with Crippen molar-refractivity contribution >= 4 is 18.0 Å². The lowest BCUT2D eigenvalue weighted by molar-refractivity contribution is -0.145. The highest BCUT2D eigenvalue weighted by atomic mass is 16.6. The Morgan fingerprint density at radius 2 is 1.94 bits per heavy atom. The fourth-order valence-electron chi connectivity index (χ4n) is 4.92. The predicted octanol–water partition coefficient (Wildman–Crippen LogP) is 2.24. The molecule has 2 heterocycles. The number of nitrogens with zero attached hydrogens (tertiary/aromatic N) is 3. The minimum Gasteiger partial charge on any atom is -0.466 e. The lowest BCUT2D eigenvalue weighted by atomic mass is 9.96. The number of rotatable bonds is 6. The molecule has 3 rings (SSSR count). The second-order valence-corrected chi connectivity index (χ2v) is 9.41. The number of esters is 1. The molecular formula is C22H33N3O6. The number of hydrogen-bond donors (Lipinski definition) is 0. The summed E-state index contributed by atoms with van der Waals surface area (Å²) in [5.74, 6) is -0.552. The van der Waals surface area contributed by atoms with Crippen molar-refractivity contribution in [1.82, 2.24) is 9.80 Å². The van der Waals surface area contributed by atoms with Gasteiger partial charge in [-0.05, 0) is 59.3 Å². The lowest BCUT2D eigenvalue weighted by Gasteiger charge is -2.40. The van der Waals surface area contributed by atoms with E-state index in [1.54, 1.807) is 32.6 Å². The largest absolute Gasteiger partial charge is 0.466 e. The first-order valence-corrected chi connectivity index (χ1v) is 11.1. The number of carbonyl (C=O) groups excluding carboxylic acids is 3. The molecule has 1 aliphatic carbocycles. The summed E-state index contributed by atoms with van der Waals surface area (Å²) in [5.41, 5.74) is -0.699. The third kappa shape index (κ3) is 5.12. The molecule has 2 bridgehead atoms. The highest BCUT2D eigenvalue weighted by Gasteiger charge is 2.58. The molecular weight excluding hydrogens is 402 g/mol. The monoisotopic (exact) mass is 435 g/mol. The molecule has 5 atom stereocenters. The van der Waals surface area contributed by atoms with Crippen molar-refractivity contribution < 1.29 is 28.6 Å². The quantitative estimate of drug-likeness (QED) is 0.589. The Labute approximate surface area is 183 Å². The maximum absolute atomic E-state index is 13.4. The predicted molar refractivity (Wildman–Crippen MR) is 110 cm³/mol. The van der Waals surface area contributed by atoms with Crippen molar-refractivity contribution in [3.63, 3.8) is 0 Å². The molecule has 0 aromatic heterocycles. The van der Waals surface area contributed by atoms with E-state index < -0.39 is 23.8 Å². The number of amides is 2. The van der Waals surface area contributed by atoms with Gasteiger partial charge in [-0.1, -0.05) is 0 Å². The Balaban J connectivity index is 1.73. The van der Waals surface area contributed by atoms with E-state index in [1.165, 1.54) is 4.90 Å². The zero-order valence-corrected chi connectivity index (χ0v) is 18.8. The van der Waals surface area contributed by atoms with Crippen LogP contribution in [0, 0.1) is 17.2 Å². The second kappa shape index (κ2) is 9.43. The number of piperidine rings is 1. The van der Waals surface area contributed by atoms with Gasteiger partial charge >= 0.3 is 12.1 Å². The van der Waals surface area contributed by atoms with Gasteiger partial charge in [-0.2, -0.15) is 5.26 Å². The Morgan fingerprint density at radius 3 is 2.58 bits per heavy atom. The van der Waals surface area contributed by atoms with Gasteiger partial charge in [0.1, 0.15) is 17.7 Å². The zero-order valence-electron chi connectivity index (χ0n) is 18.8. The number of hydrogen-bond acceptors (Lipinski definition) is 7. The van der Waals surface area contributed by atoms with E-state index in [-0.39, 0.29) is 43.0 Å². The Morgan fingerprint density at radius 1 is 1.19 bits per heavy atom. The topological polar surface area (TPSA) is 109 Å². The third-order valence-corrected chi connectivity index (χ3v) is 6.10. The van der Waals surface area contributed by atoms with E-state index in [9.17, 15) is 19.6 Å². The molecule has 172 valence electrons. The van der Waals surface area contributed by atoms with Crippen LogP contribution in [-0.4, -0.2) is 77.4 Å². The van der Waals surface area contributed by atoms with E-state index >= 15 is 0 Å². The van der Waals surface area contributed by atoms with Gasteiger partial charge in [0.15, 0.2) is 0 Å². The van der Waals surface area contributed by atoms with Crippen LogP contribution in [-0.2, 0) is 23.8 Å². The van der Waals surface area contributed by atoms with Crippen LogP contribution in [0.4, 0.5) is 4.79 Å². The van der Waals surface area contributed by atoms with Gasteiger partial charge in [-0.3, -0.25) is 14.5 Å². The molecule has 9 nitrogen and oxygen atoms in total. The highest BCUT2D eigenvalue weighted by Crippen LogP contribution is 2.45. The van der Waals surface area contributed by atoms with Crippen LogP contribution in [0.5, 0.6) is 0 Å². The first kappa shape index (κ1) is 23.3. The van der Waals surface area contributed by atoms with Crippen LogP contribution in [0.1, 0.15) is 59.8 Å². The van der Waals surface area contributed by atoms with Crippen molar-refractivity contribution in [3.05, 3.63) is 0 Å². The fourth-order valence-corrected chi connectivity index (χ4v) is 4.92. The summed E-state index contributed by atoms with van der Waals surface area (Å²) in [6.07, 6.45) is 2.07. The van der Waals surface area contributed by atoms with Crippen molar-refractivity contribution in [2.24, 2.45) is 5.92 Å². The van der Waals surface area contributed by atoms with E-state index in [2.05, 4.69) is 6.07 Å². The Kier molecular flexibility index (Phi) is 7.10. The molecule has 2 aliphatic heterocycles. The number of nitriles is 1. The minimum absolute atomic E-state index is 0.0578. The molecule has 0 spiro atoms. The molecule has 3 aliphatic rings. The van der Waals surface area contributed by atoms with Crippen LogP contribution in [0.15, 0.2) is 0 Å². The molecule has 0 aromatic carbocycles. The van der Waals surface area contributed by atoms with Crippen LogP contribution < -0.4 is 0 Å². The highest BCUT2D eigenvalue weighted by molar-refractivity contribution is 5.88. The smallest absolute Gasteiger partial charge is 0.411 e. The molecule has 2 amide bonds. The minimum atomic E-state index is -0.699. The first-order valence-electron chi connectivity index (χ1n) is 11.1. The van der Waals surface area contributed by atoms with Crippen LogP contribution in [0.2, 0.25) is 0 Å². The van der Waals surface area contributed by atoms with Gasteiger partial charge in [0.05, 0.1) is 37.8 Å². The molecule has 0 unspecified atom stereocenters. The van der Waals surface area contributed by atoms with Gasteiger partial charge in [0.25, 0.3) is 0 Å². The summed E-state index contributed by atoms with van der Waals surface area (Å²) in [4.78, 5) is 41.2. The molecule has 3 fully saturated rings. The first-order chi connectivity index (χ1) is 14.7. The normalized spacial score (nSPS) is 29.7. The summed E-state index contributed by atoms with van der Waals surface area (Å²) in [7, 11) is 0. The molecule has 31 heavy (non-hydrogen) atoms. The third-order valence-electron chi connectivity index (χ3n) is 6.10. The lowest BCUT2D eigenvalue weighted by Crippen LogP contribution is -2.58. The average Bonchev–Trinajstić information content (AvgIpc) is 3.40. The number of fused-ring (bicyclic) bond motifs is 2. The molecule has 0 radical (unpaired) electrons. The zero-order chi connectivity index (χ0) is 22.8. The van der Waals surface area contributed by atoms with Crippen LogP contribution in [0.25, 0.3) is 0 Å². The SMILES string of the molecule is CCOC(=O)CCO[C@@H]1C[C@@H]2C[C@H]1N(C(=O)OC(C)(C)C)[C@H]2C(=O)N1CCC[C@H]1C#N. The molecule has 9 heteroatoms. The Hall–Kier alpha value is -2.34. The van der Waals surface area contributed by atoms with Gasteiger partial charge < -0.3 is 19.1 Å². The maximum Gasteiger partial charge on any atom is 0.411 e. The maximum atomic E-state index is 13.4. The summed E-state index contributed by atoms with van der Waals surface area (Å²) in [6, 6.07) is 0.831. The van der Waals surface area contributed by atoms with E-state index in [4.69, 9.17) is 14.2 Å². The van der Waals surface area contributed by atoms with E-state index in [1.807, 2.05) is 0 Å². The van der Waals surface area contributed by atoms with Gasteiger partial charge in [0.2, 0.25) is 5.91 Å². The van der Waals surface area contributed by atoms with Crippen LogP contribution in [0.3, 0.4) is 0 Å². The summed E-state index contributed by atoms with van der Waals surface area (Å²) < 4.78 is 16.5. The summed E-state index contributed by atoms with van der Waals surface area (Å²) >= 11 is 0. The Bertz CT molecular complexity index is 743. The van der Waals surface area contributed by atoms with Gasteiger partial charge in [-0.25, -0.2) is 4.79 Å². The molecule has 0 aromatic rings. The summed E-state index contributed by atoms with van der Waals surface area (Å²) in [6.45, 7) is 8.18. The van der Waals surface area contributed by atoms with Crippen molar-refractivity contribution in [1.29, 1.82) is 5.26 Å². The number of ether oxygens (including phenoxy) is 3. The van der Waals surface area contributed by atoms with Crippen molar-refractivity contribution in [2.75, 3.05) is 19.8 Å².